The van der Waals surface area contributed by atoms with Crippen LogP contribution in [0.25, 0.3) is 11.1 Å². The zero-order valence-corrected chi connectivity index (χ0v) is 18.2. The molecule has 0 atom stereocenters. The Hall–Kier alpha value is -3.88. The minimum absolute atomic E-state index is 0.165. The Labute approximate surface area is 190 Å². The summed E-state index contributed by atoms with van der Waals surface area (Å²) in [7, 11) is 0. The van der Waals surface area contributed by atoms with Gasteiger partial charge in [-0.05, 0) is 42.2 Å². The number of pyridine rings is 2. The Bertz CT molecular complexity index is 1220. The zero-order valence-electron chi connectivity index (χ0n) is 17.4. The molecule has 32 heavy (non-hydrogen) atoms. The third-order valence-corrected chi connectivity index (χ3v) is 5.94. The molecule has 0 unspecified atom stereocenters. The Balaban J connectivity index is 1.79. The van der Waals surface area contributed by atoms with Crippen molar-refractivity contribution in [1.82, 2.24) is 9.97 Å². The van der Waals surface area contributed by atoms with Gasteiger partial charge in [0.2, 0.25) is 5.91 Å². The number of nitriles is 2. The molecule has 0 radical (unpaired) electrons. The van der Waals surface area contributed by atoms with Crippen LogP contribution in [-0.2, 0) is 10.5 Å². The van der Waals surface area contributed by atoms with E-state index in [4.69, 9.17) is 0 Å². The maximum atomic E-state index is 11.3. The number of benzene rings is 1. The summed E-state index contributed by atoms with van der Waals surface area (Å²) in [5.41, 5.74) is 3.66. The molecule has 2 aromatic heterocycles. The van der Waals surface area contributed by atoms with E-state index in [1.165, 1.54) is 18.7 Å². The molecule has 0 bridgehead atoms. The molecular formula is C24H20N6OS. The molecule has 158 valence electrons. The highest BCUT2D eigenvalue weighted by molar-refractivity contribution is 7.98. The lowest BCUT2D eigenvalue weighted by Gasteiger charge is -2.16. The van der Waals surface area contributed by atoms with Crippen LogP contribution in [0.1, 0.15) is 36.5 Å². The second kappa shape index (κ2) is 9.51. The second-order valence-corrected chi connectivity index (χ2v) is 8.41. The van der Waals surface area contributed by atoms with Crippen LogP contribution in [0.3, 0.4) is 0 Å². The van der Waals surface area contributed by atoms with Crippen molar-refractivity contribution < 1.29 is 4.79 Å². The summed E-state index contributed by atoms with van der Waals surface area (Å²) in [6.07, 6.45) is 5.57. The number of carbonyl (C=O) groups is 1. The van der Waals surface area contributed by atoms with Gasteiger partial charge in [-0.3, -0.25) is 9.78 Å². The van der Waals surface area contributed by atoms with Crippen LogP contribution in [0.5, 0.6) is 0 Å². The van der Waals surface area contributed by atoms with Crippen molar-refractivity contribution in [3.63, 3.8) is 0 Å². The topological polar surface area (TPSA) is 114 Å². The number of rotatable bonds is 7. The van der Waals surface area contributed by atoms with Gasteiger partial charge in [0.05, 0.1) is 5.56 Å². The molecule has 2 heterocycles. The third-order valence-electron chi connectivity index (χ3n) is 4.90. The van der Waals surface area contributed by atoms with Gasteiger partial charge in [0.1, 0.15) is 28.5 Å². The van der Waals surface area contributed by atoms with Crippen molar-refractivity contribution in [3.8, 4) is 23.3 Å². The number of hydrogen-bond donors (Lipinski definition) is 2. The molecule has 3 aromatic rings. The standard InChI is InChI=1S/C24H20N6OS/c1-15(31)28-18-6-4-17(5-7-18)22-20(11-25)23(29-19-8-9-19)30-24(21(22)12-26)32-14-16-3-2-10-27-13-16/h2-7,10,13,19H,8-9,14H2,1H3,(H,28,31)(H,29,30). The van der Waals surface area contributed by atoms with E-state index in [9.17, 15) is 15.3 Å². The van der Waals surface area contributed by atoms with E-state index in [0.717, 1.165) is 24.0 Å². The fraction of sp³-hybridized carbons (Fsp3) is 0.208. The van der Waals surface area contributed by atoms with Gasteiger partial charge in [0, 0.05) is 42.4 Å². The number of carbonyl (C=O) groups excluding carboxylic acids is 1. The first kappa shape index (κ1) is 21.4. The smallest absolute Gasteiger partial charge is 0.221 e. The van der Waals surface area contributed by atoms with Crippen LogP contribution in [0.2, 0.25) is 0 Å². The normalized spacial score (nSPS) is 12.5. The minimum Gasteiger partial charge on any atom is -0.366 e. The van der Waals surface area contributed by atoms with Crippen LogP contribution >= 0.6 is 11.8 Å². The largest absolute Gasteiger partial charge is 0.366 e. The van der Waals surface area contributed by atoms with Crippen molar-refractivity contribution >= 4 is 29.2 Å². The first-order valence-corrected chi connectivity index (χ1v) is 11.1. The van der Waals surface area contributed by atoms with E-state index in [1.807, 2.05) is 12.1 Å². The Kier molecular flexibility index (Phi) is 6.34. The highest BCUT2D eigenvalue weighted by atomic mass is 32.2. The number of amides is 1. The molecule has 0 saturated heterocycles. The van der Waals surface area contributed by atoms with Crippen molar-refractivity contribution in [1.29, 1.82) is 10.5 Å². The molecule has 1 aliphatic rings. The van der Waals surface area contributed by atoms with Crippen LogP contribution in [0, 0.1) is 22.7 Å². The van der Waals surface area contributed by atoms with Gasteiger partial charge in [0.15, 0.2) is 0 Å². The molecule has 1 amide bonds. The number of anilines is 2. The fourth-order valence-corrected chi connectivity index (χ4v) is 4.18. The Morgan fingerprint density at radius 3 is 2.50 bits per heavy atom. The predicted octanol–water partition coefficient (Wildman–Crippen LogP) is 4.71. The average Bonchev–Trinajstić information content (AvgIpc) is 3.62. The van der Waals surface area contributed by atoms with Crippen molar-refractivity contribution in [2.24, 2.45) is 0 Å². The summed E-state index contributed by atoms with van der Waals surface area (Å²) >= 11 is 1.45. The Morgan fingerprint density at radius 1 is 1.16 bits per heavy atom. The fourth-order valence-electron chi connectivity index (χ4n) is 3.25. The Morgan fingerprint density at radius 2 is 1.91 bits per heavy atom. The highest BCUT2D eigenvalue weighted by Crippen LogP contribution is 2.39. The molecule has 1 aromatic carbocycles. The second-order valence-electron chi connectivity index (χ2n) is 7.44. The predicted molar refractivity (Wildman–Crippen MR) is 124 cm³/mol. The lowest BCUT2D eigenvalue weighted by molar-refractivity contribution is -0.114. The van der Waals surface area contributed by atoms with Crippen LogP contribution in [-0.4, -0.2) is 21.9 Å². The highest BCUT2D eigenvalue weighted by Gasteiger charge is 2.27. The van der Waals surface area contributed by atoms with E-state index in [2.05, 4.69) is 32.7 Å². The van der Waals surface area contributed by atoms with E-state index < -0.39 is 0 Å². The van der Waals surface area contributed by atoms with Gasteiger partial charge in [0.25, 0.3) is 0 Å². The third kappa shape index (κ3) is 4.88. The molecule has 7 nitrogen and oxygen atoms in total. The molecule has 1 aliphatic carbocycles. The zero-order chi connectivity index (χ0) is 22.5. The summed E-state index contributed by atoms with van der Waals surface area (Å²) in [5.74, 6) is 0.941. The quantitative estimate of drug-likeness (QED) is 0.511. The summed E-state index contributed by atoms with van der Waals surface area (Å²) < 4.78 is 0. The summed E-state index contributed by atoms with van der Waals surface area (Å²) in [6, 6.07) is 15.8. The molecule has 4 rings (SSSR count). The number of nitrogens with one attached hydrogen (secondary N) is 2. The molecule has 1 fully saturated rings. The minimum atomic E-state index is -0.165. The summed E-state index contributed by atoms with van der Waals surface area (Å²) in [4.78, 5) is 20.2. The maximum Gasteiger partial charge on any atom is 0.221 e. The van der Waals surface area contributed by atoms with Crippen molar-refractivity contribution in [2.75, 3.05) is 10.6 Å². The lowest BCUT2D eigenvalue weighted by atomic mass is 9.96. The van der Waals surface area contributed by atoms with Gasteiger partial charge in [-0.1, -0.05) is 18.2 Å². The van der Waals surface area contributed by atoms with Crippen LogP contribution < -0.4 is 10.6 Å². The molecular weight excluding hydrogens is 420 g/mol. The summed E-state index contributed by atoms with van der Waals surface area (Å²) in [6.45, 7) is 1.44. The first-order chi connectivity index (χ1) is 15.6. The average molecular weight is 441 g/mol. The van der Waals surface area contributed by atoms with Gasteiger partial charge in [-0.25, -0.2) is 4.98 Å². The van der Waals surface area contributed by atoms with Crippen LogP contribution in [0.15, 0.2) is 53.8 Å². The monoisotopic (exact) mass is 440 g/mol. The first-order valence-electron chi connectivity index (χ1n) is 10.1. The number of aromatic nitrogens is 2. The lowest BCUT2D eigenvalue weighted by Crippen LogP contribution is -2.09. The van der Waals surface area contributed by atoms with Gasteiger partial charge >= 0.3 is 0 Å². The number of nitrogens with zero attached hydrogens (tertiary/aromatic N) is 4. The van der Waals surface area contributed by atoms with Crippen LogP contribution in [0.4, 0.5) is 11.5 Å². The SMILES string of the molecule is CC(=O)Nc1ccc(-c2c(C#N)c(NC3CC3)nc(SCc3cccnc3)c2C#N)cc1. The molecule has 2 N–H and O–H groups in total. The van der Waals surface area contributed by atoms with E-state index >= 15 is 0 Å². The molecule has 1 saturated carbocycles. The number of hydrogen-bond acceptors (Lipinski definition) is 7. The molecule has 8 heteroatoms. The van der Waals surface area contributed by atoms with Gasteiger partial charge < -0.3 is 10.6 Å². The van der Waals surface area contributed by atoms with Crippen molar-refractivity contribution in [2.45, 2.75) is 36.6 Å². The number of thioether (sulfide) groups is 1. The van der Waals surface area contributed by atoms with Crippen molar-refractivity contribution in [3.05, 3.63) is 65.5 Å². The van der Waals surface area contributed by atoms with E-state index in [-0.39, 0.29) is 5.91 Å². The molecule has 0 aliphatic heterocycles. The van der Waals surface area contributed by atoms with Gasteiger partial charge in [-0.15, -0.1) is 11.8 Å². The summed E-state index contributed by atoms with van der Waals surface area (Å²) in [5, 5.41) is 26.7. The molecule has 0 spiro atoms. The van der Waals surface area contributed by atoms with E-state index in [1.54, 1.807) is 36.7 Å². The maximum absolute atomic E-state index is 11.3. The van der Waals surface area contributed by atoms with E-state index in [0.29, 0.717) is 45.0 Å². The van der Waals surface area contributed by atoms with Gasteiger partial charge in [-0.2, -0.15) is 10.5 Å².